The molecule has 0 aliphatic rings. The number of aryl methyl sites for hydroxylation is 2. The van der Waals surface area contributed by atoms with Crippen LogP contribution in [0.2, 0.25) is 0 Å². The molecule has 1 aromatic heterocycles. The maximum atomic E-state index is 4.23. The Hall–Kier alpha value is -0.310. The minimum atomic E-state index is 0.583. The third-order valence-corrected chi connectivity index (χ3v) is 2.14. The fourth-order valence-electron chi connectivity index (χ4n) is 0.965. The Morgan fingerprint density at radius 1 is 1.73 bits per heavy atom. The quantitative estimate of drug-likeness (QED) is 0.709. The van der Waals surface area contributed by atoms with Gasteiger partial charge >= 0.3 is 0 Å². The summed E-state index contributed by atoms with van der Waals surface area (Å²) in [6.07, 6.45) is 6.02. The van der Waals surface area contributed by atoms with Crippen LogP contribution < -0.4 is 0 Å². The molecule has 0 aromatic carbocycles. The van der Waals surface area contributed by atoms with Crippen molar-refractivity contribution in [2.75, 3.05) is 0 Å². The van der Waals surface area contributed by atoms with Crippen molar-refractivity contribution < 1.29 is 0 Å². The van der Waals surface area contributed by atoms with E-state index in [2.05, 4.69) is 32.4 Å². The molecule has 0 bridgehead atoms. The molecule has 0 aliphatic carbocycles. The van der Waals surface area contributed by atoms with Gasteiger partial charge in [-0.25, -0.2) is 4.98 Å². The van der Waals surface area contributed by atoms with Crippen LogP contribution in [-0.2, 0) is 13.5 Å². The van der Waals surface area contributed by atoms with Gasteiger partial charge < -0.3 is 4.57 Å². The fourth-order valence-corrected chi connectivity index (χ4v) is 1.19. The summed E-state index contributed by atoms with van der Waals surface area (Å²) < 4.78 is 2.06. The molecule has 1 aromatic rings. The van der Waals surface area contributed by atoms with E-state index in [1.807, 2.05) is 19.4 Å². The second-order valence-electron chi connectivity index (χ2n) is 2.77. The Morgan fingerprint density at radius 3 is 2.91 bits per heavy atom. The monoisotopic (exact) mass is 216 g/mol. The van der Waals surface area contributed by atoms with Gasteiger partial charge in [0.05, 0.1) is 0 Å². The molecule has 0 saturated carbocycles. The van der Waals surface area contributed by atoms with Gasteiger partial charge in [-0.1, -0.05) is 22.9 Å². The Balaban J connectivity index is 2.44. The van der Waals surface area contributed by atoms with Crippen molar-refractivity contribution in [3.63, 3.8) is 0 Å². The molecule has 0 radical (unpaired) electrons. The molecule has 0 N–H and O–H groups in total. The van der Waals surface area contributed by atoms with Crippen LogP contribution in [0.3, 0.4) is 0 Å². The van der Waals surface area contributed by atoms with Gasteiger partial charge in [0, 0.05) is 30.7 Å². The van der Waals surface area contributed by atoms with Crippen LogP contribution in [0.4, 0.5) is 0 Å². The first kappa shape index (κ1) is 8.78. The zero-order chi connectivity index (χ0) is 8.27. The smallest absolute Gasteiger partial charge is 0.108 e. The maximum absolute atomic E-state index is 4.23. The molecular weight excluding hydrogens is 204 g/mol. The molecule has 0 saturated heterocycles. The van der Waals surface area contributed by atoms with Crippen LogP contribution in [0.5, 0.6) is 0 Å². The maximum Gasteiger partial charge on any atom is 0.108 e. The SMILES string of the molecule is CC(Br)CCc1nccn1C. The minimum Gasteiger partial charge on any atom is -0.338 e. The molecule has 11 heavy (non-hydrogen) atoms. The molecule has 1 unspecified atom stereocenters. The molecule has 62 valence electrons. The number of hydrogen-bond donors (Lipinski definition) is 0. The summed E-state index contributed by atoms with van der Waals surface area (Å²) in [6.45, 7) is 2.16. The van der Waals surface area contributed by atoms with Crippen molar-refractivity contribution in [1.82, 2.24) is 9.55 Å². The summed E-state index contributed by atoms with van der Waals surface area (Å²) in [5.41, 5.74) is 0. The summed E-state index contributed by atoms with van der Waals surface area (Å²) in [5, 5.41) is 0. The van der Waals surface area contributed by atoms with Crippen LogP contribution in [0, 0.1) is 0 Å². The van der Waals surface area contributed by atoms with Crippen molar-refractivity contribution in [2.24, 2.45) is 7.05 Å². The summed E-state index contributed by atoms with van der Waals surface area (Å²) >= 11 is 3.51. The van der Waals surface area contributed by atoms with Crippen LogP contribution in [0.1, 0.15) is 19.2 Å². The third-order valence-electron chi connectivity index (χ3n) is 1.69. The summed E-state index contributed by atoms with van der Waals surface area (Å²) in [5.74, 6) is 1.16. The van der Waals surface area contributed by atoms with Crippen molar-refractivity contribution in [1.29, 1.82) is 0 Å². The number of halogens is 1. The van der Waals surface area contributed by atoms with E-state index in [1.54, 1.807) is 0 Å². The highest BCUT2D eigenvalue weighted by molar-refractivity contribution is 9.09. The molecule has 0 aliphatic heterocycles. The van der Waals surface area contributed by atoms with E-state index in [0.717, 1.165) is 18.7 Å². The van der Waals surface area contributed by atoms with E-state index in [-0.39, 0.29) is 0 Å². The lowest BCUT2D eigenvalue weighted by Gasteiger charge is -2.02. The number of imidazole rings is 1. The van der Waals surface area contributed by atoms with Gasteiger partial charge in [0.1, 0.15) is 5.82 Å². The van der Waals surface area contributed by atoms with Gasteiger partial charge in [0.2, 0.25) is 0 Å². The molecule has 1 rings (SSSR count). The van der Waals surface area contributed by atoms with Crippen molar-refractivity contribution in [3.8, 4) is 0 Å². The standard InChI is InChI=1S/C8H13BrN2/c1-7(9)3-4-8-10-5-6-11(8)2/h5-7H,3-4H2,1-2H3. The topological polar surface area (TPSA) is 17.8 Å². The predicted octanol–water partition coefficient (Wildman–Crippen LogP) is 2.14. The van der Waals surface area contributed by atoms with Crippen LogP contribution in [0.25, 0.3) is 0 Å². The van der Waals surface area contributed by atoms with Gasteiger partial charge in [-0.3, -0.25) is 0 Å². The zero-order valence-corrected chi connectivity index (χ0v) is 8.50. The van der Waals surface area contributed by atoms with Gasteiger partial charge in [-0.2, -0.15) is 0 Å². The average molecular weight is 217 g/mol. The van der Waals surface area contributed by atoms with E-state index in [9.17, 15) is 0 Å². The molecule has 0 spiro atoms. The Labute approximate surface area is 75.8 Å². The zero-order valence-electron chi connectivity index (χ0n) is 6.92. The second kappa shape index (κ2) is 3.90. The van der Waals surface area contributed by atoms with Crippen LogP contribution in [0.15, 0.2) is 12.4 Å². The van der Waals surface area contributed by atoms with Crippen molar-refractivity contribution in [2.45, 2.75) is 24.6 Å². The lowest BCUT2D eigenvalue weighted by Crippen LogP contribution is -2.00. The number of alkyl halides is 1. The predicted molar refractivity (Wildman–Crippen MR) is 49.9 cm³/mol. The lowest BCUT2D eigenvalue weighted by molar-refractivity contribution is 0.725. The number of rotatable bonds is 3. The Morgan fingerprint density at radius 2 is 2.45 bits per heavy atom. The highest BCUT2D eigenvalue weighted by atomic mass is 79.9. The first-order chi connectivity index (χ1) is 5.20. The fraction of sp³-hybridized carbons (Fsp3) is 0.625. The van der Waals surface area contributed by atoms with Crippen LogP contribution >= 0.6 is 15.9 Å². The van der Waals surface area contributed by atoms with E-state index in [0.29, 0.717) is 4.83 Å². The van der Waals surface area contributed by atoms with E-state index < -0.39 is 0 Å². The number of hydrogen-bond acceptors (Lipinski definition) is 1. The van der Waals surface area contributed by atoms with E-state index in [1.165, 1.54) is 0 Å². The molecule has 2 nitrogen and oxygen atoms in total. The lowest BCUT2D eigenvalue weighted by atomic mass is 10.2. The van der Waals surface area contributed by atoms with Gasteiger partial charge in [-0.05, 0) is 6.42 Å². The van der Waals surface area contributed by atoms with Crippen molar-refractivity contribution in [3.05, 3.63) is 18.2 Å². The molecule has 0 amide bonds. The highest BCUT2D eigenvalue weighted by Crippen LogP contribution is 2.07. The van der Waals surface area contributed by atoms with Crippen LogP contribution in [-0.4, -0.2) is 14.4 Å². The Bertz CT molecular complexity index is 218. The third kappa shape index (κ3) is 2.66. The second-order valence-corrected chi connectivity index (χ2v) is 4.34. The molecule has 1 heterocycles. The number of aromatic nitrogens is 2. The molecule has 3 heteroatoms. The largest absolute Gasteiger partial charge is 0.338 e. The molecular formula is C8H13BrN2. The summed E-state index contributed by atoms with van der Waals surface area (Å²) in [7, 11) is 2.03. The Kier molecular flexibility index (Phi) is 3.12. The minimum absolute atomic E-state index is 0.583. The molecule has 0 fully saturated rings. The van der Waals surface area contributed by atoms with Gasteiger partial charge in [0.25, 0.3) is 0 Å². The first-order valence-electron chi connectivity index (χ1n) is 3.80. The van der Waals surface area contributed by atoms with Gasteiger partial charge in [-0.15, -0.1) is 0 Å². The number of nitrogens with zero attached hydrogens (tertiary/aromatic N) is 2. The first-order valence-corrected chi connectivity index (χ1v) is 4.72. The van der Waals surface area contributed by atoms with E-state index >= 15 is 0 Å². The average Bonchev–Trinajstić information content (AvgIpc) is 2.31. The highest BCUT2D eigenvalue weighted by Gasteiger charge is 2.00. The van der Waals surface area contributed by atoms with Crippen molar-refractivity contribution >= 4 is 15.9 Å². The normalized spacial score (nSPS) is 13.4. The summed E-state index contributed by atoms with van der Waals surface area (Å²) in [4.78, 5) is 4.81. The summed E-state index contributed by atoms with van der Waals surface area (Å²) in [6, 6.07) is 0. The van der Waals surface area contributed by atoms with Gasteiger partial charge in [0.15, 0.2) is 0 Å². The van der Waals surface area contributed by atoms with E-state index in [4.69, 9.17) is 0 Å². The molecule has 1 atom stereocenters.